The number of alkyl carbamates (subject to hydrolysis) is 1. The molecule has 3 rings (SSSR count). The lowest BCUT2D eigenvalue weighted by Crippen LogP contribution is -2.44. The number of hydrogen-bond acceptors (Lipinski definition) is 4. The van der Waals surface area contributed by atoms with Crippen molar-refractivity contribution in [2.75, 3.05) is 31.6 Å². The summed E-state index contributed by atoms with van der Waals surface area (Å²) in [5.41, 5.74) is 1.58. The van der Waals surface area contributed by atoms with Crippen molar-refractivity contribution in [3.05, 3.63) is 29.8 Å². The molecule has 1 unspecified atom stereocenters. The van der Waals surface area contributed by atoms with Crippen molar-refractivity contribution in [3.63, 3.8) is 0 Å². The van der Waals surface area contributed by atoms with E-state index < -0.39 is 5.60 Å². The van der Waals surface area contributed by atoms with E-state index in [1.165, 1.54) is 0 Å². The highest BCUT2D eigenvalue weighted by Crippen LogP contribution is 2.21. The molecule has 0 aliphatic carbocycles. The number of carbonyl (C=O) groups excluding carboxylic acids is 2. The first kappa shape index (κ1) is 21.9. The summed E-state index contributed by atoms with van der Waals surface area (Å²) < 4.78 is 5.34. The molecule has 2 fully saturated rings. The SMILES string of the molecule is CN=C(NCc1ccc(N2CCCC2=O)cc1)N1CCC(NC(=O)OC(C)(C)C)C1. The van der Waals surface area contributed by atoms with E-state index in [9.17, 15) is 9.59 Å². The third kappa shape index (κ3) is 5.87. The molecular weight excluding hydrogens is 382 g/mol. The van der Waals surface area contributed by atoms with E-state index in [-0.39, 0.29) is 18.0 Å². The van der Waals surface area contributed by atoms with Crippen LogP contribution in [-0.2, 0) is 16.1 Å². The minimum absolute atomic E-state index is 0.0377. The van der Waals surface area contributed by atoms with Crippen LogP contribution in [0.25, 0.3) is 0 Å². The molecule has 164 valence electrons. The van der Waals surface area contributed by atoms with Gasteiger partial charge in [0.25, 0.3) is 0 Å². The standard InChI is InChI=1S/C22H33N5O3/c1-22(2,3)30-21(29)25-17-11-13-26(15-17)20(23-4)24-14-16-7-9-18(10-8-16)27-12-5-6-19(27)28/h7-10,17H,5-6,11-15H2,1-4H3,(H,23,24)(H,25,29). The molecule has 1 aromatic rings. The highest BCUT2D eigenvalue weighted by atomic mass is 16.6. The van der Waals surface area contributed by atoms with Crippen LogP contribution in [0.5, 0.6) is 0 Å². The molecule has 2 heterocycles. The zero-order valence-electron chi connectivity index (χ0n) is 18.4. The molecule has 0 saturated carbocycles. The molecule has 1 aromatic carbocycles. The zero-order chi connectivity index (χ0) is 21.7. The highest BCUT2D eigenvalue weighted by Gasteiger charge is 2.28. The van der Waals surface area contributed by atoms with Gasteiger partial charge in [-0.05, 0) is 51.3 Å². The molecule has 8 nitrogen and oxygen atoms in total. The van der Waals surface area contributed by atoms with Gasteiger partial charge in [0.1, 0.15) is 5.60 Å². The fourth-order valence-corrected chi connectivity index (χ4v) is 3.77. The van der Waals surface area contributed by atoms with Gasteiger partial charge in [-0.2, -0.15) is 0 Å². The number of benzene rings is 1. The van der Waals surface area contributed by atoms with Crippen LogP contribution in [0.15, 0.2) is 29.3 Å². The number of likely N-dealkylation sites (tertiary alicyclic amines) is 1. The first-order chi connectivity index (χ1) is 14.2. The Hall–Kier alpha value is -2.77. The van der Waals surface area contributed by atoms with Crippen molar-refractivity contribution in [1.82, 2.24) is 15.5 Å². The lowest BCUT2D eigenvalue weighted by atomic mass is 10.2. The normalized spacial score (nSPS) is 19.9. The van der Waals surface area contributed by atoms with Gasteiger partial charge < -0.3 is 25.2 Å². The van der Waals surface area contributed by atoms with Gasteiger partial charge in [0, 0.05) is 45.3 Å². The molecule has 8 heteroatoms. The van der Waals surface area contributed by atoms with Gasteiger partial charge in [-0.25, -0.2) is 4.79 Å². The van der Waals surface area contributed by atoms with Crippen molar-refractivity contribution in [2.45, 2.75) is 58.2 Å². The topological polar surface area (TPSA) is 86.3 Å². The summed E-state index contributed by atoms with van der Waals surface area (Å²) in [6.07, 6.45) is 2.03. The van der Waals surface area contributed by atoms with E-state index in [0.29, 0.717) is 19.5 Å². The van der Waals surface area contributed by atoms with Crippen LogP contribution in [0.3, 0.4) is 0 Å². The molecule has 2 N–H and O–H groups in total. The second kappa shape index (κ2) is 9.36. The molecule has 1 atom stereocenters. The third-order valence-electron chi connectivity index (χ3n) is 5.19. The number of anilines is 1. The van der Waals surface area contributed by atoms with Crippen LogP contribution in [0.1, 0.15) is 45.6 Å². The first-order valence-electron chi connectivity index (χ1n) is 10.6. The van der Waals surface area contributed by atoms with E-state index in [4.69, 9.17) is 4.74 Å². The molecule has 2 amide bonds. The summed E-state index contributed by atoms with van der Waals surface area (Å²) >= 11 is 0. The number of nitrogens with one attached hydrogen (secondary N) is 2. The number of nitrogens with zero attached hydrogens (tertiary/aromatic N) is 3. The van der Waals surface area contributed by atoms with Crippen LogP contribution in [0.2, 0.25) is 0 Å². The summed E-state index contributed by atoms with van der Waals surface area (Å²) in [4.78, 5) is 32.2. The predicted molar refractivity (Wildman–Crippen MR) is 118 cm³/mol. The molecule has 0 spiro atoms. The van der Waals surface area contributed by atoms with E-state index >= 15 is 0 Å². The Kier molecular flexibility index (Phi) is 6.84. The van der Waals surface area contributed by atoms with Crippen LogP contribution in [0.4, 0.5) is 10.5 Å². The highest BCUT2D eigenvalue weighted by molar-refractivity contribution is 5.95. The number of guanidine groups is 1. The van der Waals surface area contributed by atoms with Crippen molar-refractivity contribution >= 4 is 23.6 Å². The van der Waals surface area contributed by atoms with E-state index in [1.807, 2.05) is 49.9 Å². The van der Waals surface area contributed by atoms with Crippen molar-refractivity contribution in [2.24, 2.45) is 4.99 Å². The Morgan fingerprint density at radius 1 is 1.23 bits per heavy atom. The number of hydrogen-bond donors (Lipinski definition) is 2. The quantitative estimate of drug-likeness (QED) is 0.583. The van der Waals surface area contributed by atoms with Gasteiger partial charge in [0.2, 0.25) is 5.91 Å². The fraction of sp³-hybridized carbons (Fsp3) is 0.591. The third-order valence-corrected chi connectivity index (χ3v) is 5.19. The van der Waals surface area contributed by atoms with Gasteiger partial charge >= 0.3 is 6.09 Å². The smallest absolute Gasteiger partial charge is 0.407 e. The van der Waals surface area contributed by atoms with Gasteiger partial charge in [0.05, 0.1) is 6.04 Å². The fourth-order valence-electron chi connectivity index (χ4n) is 3.77. The molecular formula is C22H33N5O3. The van der Waals surface area contributed by atoms with Crippen LogP contribution in [-0.4, -0.2) is 61.2 Å². The van der Waals surface area contributed by atoms with Crippen molar-refractivity contribution in [3.8, 4) is 0 Å². The first-order valence-corrected chi connectivity index (χ1v) is 10.6. The average Bonchev–Trinajstić information content (AvgIpc) is 3.30. The summed E-state index contributed by atoms with van der Waals surface area (Å²) in [7, 11) is 1.76. The van der Waals surface area contributed by atoms with Gasteiger partial charge in [0.15, 0.2) is 5.96 Å². The van der Waals surface area contributed by atoms with Crippen molar-refractivity contribution < 1.29 is 14.3 Å². The Labute approximate surface area is 178 Å². The molecule has 0 bridgehead atoms. The zero-order valence-corrected chi connectivity index (χ0v) is 18.4. The second-order valence-electron chi connectivity index (χ2n) is 8.79. The molecule has 30 heavy (non-hydrogen) atoms. The van der Waals surface area contributed by atoms with Gasteiger partial charge in [-0.3, -0.25) is 9.79 Å². The Morgan fingerprint density at radius 2 is 1.97 bits per heavy atom. The predicted octanol–water partition coefficient (Wildman–Crippen LogP) is 2.49. The van der Waals surface area contributed by atoms with Gasteiger partial charge in [-0.15, -0.1) is 0 Å². The number of carbonyl (C=O) groups is 2. The van der Waals surface area contributed by atoms with E-state index in [1.54, 1.807) is 7.05 Å². The number of amides is 2. The number of ether oxygens (including phenoxy) is 1. The lowest BCUT2D eigenvalue weighted by Gasteiger charge is -2.23. The summed E-state index contributed by atoms with van der Waals surface area (Å²) in [6, 6.07) is 8.12. The summed E-state index contributed by atoms with van der Waals surface area (Å²) in [6.45, 7) is 8.52. The summed E-state index contributed by atoms with van der Waals surface area (Å²) in [5, 5.41) is 6.33. The maximum atomic E-state index is 12.0. The number of rotatable bonds is 4. The van der Waals surface area contributed by atoms with Crippen LogP contribution >= 0.6 is 0 Å². The lowest BCUT2D eigenvalue weighted by molar-refractivity contribution is -0.117. The molecule has 2 saturated heterocycles. The second-order valence-corrected chi connectivity index (χ2v) is 8.79. The molecule has 2 aliphatic rings. The average molecular weight is 416 g/mol. The van der Waals surface area contributed by atoms with Crippen molar-refractivity contribution in [1.29, 1.82) is 0 Å². The molecule has 0 radical (unpaired) electrons. The maximum absolute atomic E-state index is 12.0. The summed E-state index contributed by atoms with van der Waals surface area (Å²) in [5.74, 6) is 1.01. The minimum Gasteiger partial charge on any atom is -0.444 e. The van der Waals surface area contributed by atoms with Crippen LogP contribution < -0.4 is 15.5 Å². The van der Waals surface area contributed by atoms with Gasteiger partial charge in [-0.1, -0.05) is 12.1 Å². The monoisotopic (exact) mass is 415 g/mol. The molecule has 2 aliphatic heterocycles. The van der Waals surface area contributed by atoms with E-state index in [2.05, 4.69) is 20.5 Å². The molecule has 0 aromatic heterocycles. The Bertz CT molecular complexity index is 785. The van der Waals surface area contributed by atoms with Crippen LogP contribution in [0, 0.1) is 0 Å². The Balaban J connectivity index is 1.48. The maximum Gasteiger partial charge on any atom is 0.407 e. The van der Waals surface area contributed by atoms with E-state index in [0.717, 1.165) is 43.1 Å². The minimum atomic E-state index is -0.502. The Morgan fingerprint density at radius 3 is 2.57 bits per heavy atom. The number of aliphatic imine (C=N–C) groups is 1. The largest absolute Gasteiger partial charge is 0.444 e.